The van der Waals surface area contributed by atoms with Crippen molar-refractivity contribution >= 4 is 5.97 Å². The number of hydrogen-bond donors (Lipinski definition) is 1. The Morgan fingerprint density at radius 1 is 1.77 bits per heavy atom. The first-order chi connectivity index (χ1) is 6.22. The second-order valence-corrected chi connectivity index (χ2v) is 2.79. The summed E-state index contributed by atoms with van der Waals surface area (Å²) in [4.78, 5) is 10.2. The molecule has 0 saturated carbocycles. The van der Waals surface area contributed by atoms with Gasteiger partial charge in [-0.2, -0.15) is 0 Å². The summed E-state index contributed by atoms with van der Waals surface area (Å²) in [6, 6.07) is 0. The molecule has 0 aromatic carbocycles. The molecule has 3 heteroatoms. The maximum atomic E-state index is 10.2. The predicted octanol–water partition coefficient (Wildman–Crippen LogP) is 1.73. The maximum Gasteiger partial charge on any atom is 0.327 e. The van der Waals surface area contributed by atoms with Crippen LogP contribution >= 0.6 is 0 Å². The molecule has 0 saturated heterocycles. The van der Waals surface area contributed by atoms with Crippen LogP contribution in [0.1, 0.15) is 6.42 Å². The Balaban J connectivity index is 2.53. The van der Waals surface area contributed by atoms with Gasteiger partial charge < -0.3 is 9.84 Å². The Hall–Kier alpha value is -1.51. The molecule has 1 aliphatic carbocycles. The summed E-state index contributed by atoms with van der Waals surface area (Å²) in [5.41, 5.74) is 0. The molecule has 1 N–H and O–H groups in total. The third kappa shape index (κ3) is 3.15. The smallest absolute Gasteiger partial charge is 0.327 e. The molecule has 0 fully saturated rings. The van der Waals surface area contributed by atoms with Crippen molar-refractivity contribution in [1.29, 1.82) is 0 Å². The summed E-state index contributed by atoms with van der Waals surface area (Å²) in [6.45, 7) is 0. The van der Waals surface area contributed by atoms with Crippen LogP contribution in [0, 0.1) is 5.92 Å². The van der Waals surface area contributed by atoms with Crippen LogP contribution in [0.2, 0.25) is 0 Å². The van der Waals surface area contributed by atoms with E-state index in [1.807, 2.05) is 18.2 Å². The summed E-state index contributed by atoms with van der Waals surface area (Å²) in [5.74, 6) is 0.0977. The molecule has 0 aromatic rings. The van der Waals surface area contributed by atoms with E-state index < -0.39 is 5.97 Å². The molecule has 0 aliphatic heterocycles. The van der Waals surface area contributed by atoms with Crippen LogP contribution in [0.5, 0.6) is 0 Å². The first kappa shape index (κ1) is 9.58. The van der Waals surface area contributed by atoms with Gasteiger partial charge in [0.2, 0.25) is 0 Å². The van der Waals surface area contributed by atoms with Crippen LogP contribution in [-0.2, 0) is 9.53 Å². The molecule has 13 heavy (non-hydrogen) atoms. The van der Waals surface area contributed by atoms with Gasteiger partial charge in [-0.15, -0.1) is 0 Å². The Morgan fingerprint density at radius 3 is 3.15 bits per heavy atom. The van der Waals surface area contributed by atoms with Crippen molar-refractivity contribution in [2.24, 2.45) is 5.92 Å². The number of methoxy groups -OCH3 is 1. The van der Waals surface area contributed by atoms with E-state index >= 15 is 0 Å². The fraction of sp³-hybridized carbons (Fsp3) is 0.300. The Labute approximate surface area is 77.0 Å². The monoisotopic (exact) mass is 180 g/mol. The molecule has 0 heterocycles. The van der Waals surface area contributed by atoms with Crippen LogP contribution in [-0.4, -0.2) is 18.2 Å². The highest BCUT2D eigenvalue weighted by Gasteiger charge is 2.08. The summed E-state index contributed by atoms with van der Waals surface area (Å²) in [7, 11) is 1.61. The maximum absolute atomic E-state index is 10.2. The largest absolute Gasteiger partial charge is 0.501 e. The van der Waals surface area contributed by atoms with E-state index in [-0.39, 0.29) is 5.92 Å². The Morgan fingerprint density at radius 2 is 2.54 bits per heavy atom. The van der Waals surface area contributed by atoms with Crippen LogP contribution in [0.3, 0.4) is 0 Å². The van der Waals surface area contributed by atoms with Gasteiger partial charge in [-0.1, -0.05) is 18.2 Å². The first-order valence-corrected chi connectivity index (χ1v) is 4.05. The van der Waals surface area contributed by atoms with E-state index in [0.717, 1.165) is 18.3 Å². The number of allylic oxidation sites excluding steroid dienone is 5. The molecule has 0 bridgehead atoms. The van der Waals surface area contributed by atoms with E-state index in [1.54, 1.807) is 13.2 Å². The quantitative estimate of drug-likeness (QED) is 0.673. The van der Waals surface area contributed by atoms with Gasteiger partial charge in [-0.3, -0.25) is 0 Å². The highest BCUT2D eigenvalue weighted by Crippen LogP contribution is 2.19. The van der Waals surface area contributed by atoms with Crippen molar-refractivity contribution in [1.82, 2.24) is 0 Å². The molecule has 0 radical (unpaired) electrons. The van der Waals surface area contributed by atoms with E-state index in [0.29, 0.717) is 0 Å². The fourth-order valence-electron chi connectivity index (χ4n) is 1.16. The molecule has 70 valence electrons. The van der Waals surface area contributed by atoms with Gasteiger partial charge in [0.1, 0.15) is 0 Å². The molecule has 3 nitrogen and oxygen atoms in total. The minimum Gasteiger partial charge on any atom is -0.501 e. The fourth-order valence-corrected chi connectivity index (χ4v) is 1.16. The van der Waals surface area contributed by atoms with E-state index in [9.17, 15) is 4.79 Å². The SMILES string of the molecule is COC1=CC=CC(C=CC(=O)O)C1. The molecule has 0 amide bonds. The molecule has 1 rings (SSSR count). The highest BCUT2D eigenvalue weighted by atomic mass is 16.5. The molecule has 0 aromatic heterocycles. The number of carboxylic acids is 1. The zero-order valence-electron chi connectivity index (χ0n) is 7.43. The highest BCUT2D eigenvalue weighted by molar-refractivity contribution is 5.79. The number of aliphatic carboxylic acids is 1. The van der Waals surface area contributed by atoms with Gasteiger partial charge in [0.05, 0.1) is 12.9 Å². The third-order valence-electron chi connectivity index (χ3n) is 1.83. The summed E-state index contributed by atoms with van der Waals surface area (Å²) < 4.78 is 5.06. The Bertz CT molecular complexity index is 274. The lowest BCUT2D eigenvalue weighted by molar-refractivity contribution is -0.131. The van der Waals surface area contributed by atoms with Crippen molar-refractivity contribution in [3.8, 4) is 0 Å². The second-order valence-electron chi connectivity index (χ2n) is 2.79. The van der Waals surface area contributed by atoms with Gasteiger partial charge in [-0.05, 0) is 6.08 Å². The zero-order chi connectivity index (χ0) is 9.68. The summed E-state index contributed by atoms with van der Waals surface area (Å²) in [6.07, 6.45) is 9.25. The van der Waals surface area contributed by atoms with Crippen molar-refractivity contribution in [2.45, 2.75) is 6.42 Å². The van der Waals surface area contributed by atoms with Crippen LogP contribution in [0.4, 0.5) is 0 Å². The predicted molar refractivity (Wildman–Crippen MR) is 49.1 cm³/mol. The van der Waals surface area contributed by atoms with Crippen LogP contribution < -0.4 is 0 Å². The molecule has 0 spiro atoms. The van der Waals surface area contributed by atoms with E-state index in [4.69, 9.17) is 9.84 Å². The zero-order valence-corrected chi connectivity index (χ0v) is 7.43. The minimum atomic E-state index is -0.915. The molecular weight excluding hydrogens is 168 g/mol. The lowest BCUT2D eigenvalue weighted by Gasteiger charge is -2.13. The van der Waals surface area contributed by atoms with Gasteiger partial charge in [0.25, 0.3) is 0 Å². The average molecular weight is 180 g/mol. The summed E-state index contributed by atoms with van der Waals surface area (Å²) >= 11 is 0. The molecule has 1 atom stereocenters. The van der Waals surface area contributed by atoms with Crippen molar-refractivity contribution in [3.63, 3.8) is 0 Å². The molecule has 1 aliphatic rings. The van der Waals surface area contributed by atoms with Gasteiger partial charge in [-0.25, -0.2) is 4.79 Å². The van der Waals surface area contributed by atoms with Gasteiger partial charge >= 0.3 is 5.97 Å². The number of hydrogen-bond acceptors (Lipinski definition) is 2. The topological polar surface area (TPSA) is 46.5 Å². The van der Waals surface area contributed by atoms with Crippen molar-refractivity contribution in [2.75, 3.05) is 7.11 Å². The average Bonchev–Trinajstić information content (AvgIpc) is 2.15. The lowest BCUT2D eigenvalue weighted by Crippen LogP contribution is -2.01. The molecular formula is C10H12O3. The van der Waals surface area contributed by atoms with Crippen LogP contribution in [0.25, 0.3) is 0 Å². The van der Waals surface area contributed by atoms with Gasteiger partial charge in [0, 0.05) is 18.4 Å². The Kier molecular flexibility index (Phi) is 3.31. The normalized spacial score (nSPS) is 21.6. The lowest BCUT2D eigenvalue weighted by atomic mass is 9.99. The third-order valence-corrected chi connectivity index (χ3v) is 1.83. The standard InChI is InChI=1S/C10H12O3/c1-13-9-4-2-3-8(7-9)5-6-10(11)12/h2-6,8H,7H2,1H3,(H,11,12). The number of rotatable bonds is 3. The van der Waals surface area contributed by atoms with Crippen molar-refractivity contribution in [3.05, 3.63) is 36.1 Å². The van der Waals surface area contributed by atoms with Crippen molar-refractivity contribution < 1.29 is 14.6 Å². The minimum absolute atomic E-state index is 0.135. The second kappa shape index (κ2) is 4.50. The first-order valence-electron chi connectivity index (χ1n) is 4.05. The van der Waals surface area contributed by atoms with E-state index in [2.05, 4.69) is 0 Å². The number of ether oxygens (including phenoxy) is 1. The van der Waals surface area contributed by atoms with E-state index in [1.165, 1.54) is 0 Å². The number of carbonyl (C=O) groups is 1. The number of carboxylic acid groups (broad SMARTS) is 1. The molecule has 1 unspecified atom stereocenters. The van der Waals surface area contributed by atoms with Crippen LogP contribution in [0.15, 0.2) is 36.1 Å². The summed E-state index contributed by atoms with van der Waals surface area (Å²) in [5, 5.41) is 8.41. The van der Waals surface area contributed by atoms with Gasteiger partial charge in [0.15, 0.2) is 0 Å².